The van der Waals surface area contributed by atoms with E-state index in [4.69, 9.17) is 9.05 Å². The van der Waals surface area contributed by atoms with E-state index in [1.54, 1.807) is 6.08 Å². The molecule has 0 saturated heterocycles. The minimum Gasteiger partial charge on any atom is -0.387 e. The Balaban J connectivity index is 4.12. The molecule has 1 amide bonds. The van der Waals surface area contributed by atoms with Gasteiger partial charge in [0.2, 0.25) is 5.91 Å². The van der Waals surface area contributed by atoms with Crippen molar-refractivity contribution in [2.45, 2.75) is 328 Å². The fourth-order valence-electron chi connectivity index (χ4n) is 10.1. The van der Waals surface area contributed by atoms with E-state index < -0.39 is 20.0 Å². The number of allylic oxidation sites excluding steroid dienone is 15. The molecule has 0 aromatic heterocycles. The van der Waals surface area contributed by atoms with E-state index in [1.807, 2.05) is 27.2 Å². The lowest BCUT2D eigenvalue weighted by molar-refractivity contribution is -0.870. The van der Waals surface area contributed by atoms with Gasteiger partial charge < -0.3 is 19.8 Å². The summed E-state index contributed by atoms with van der Waals surface area (Å²) < 4.78 is 23.8. The maximum atomic E-state index is 13.1. The quantitative estimate of drug-likeness (QED) is 0.0243. The summed E-state index contributed by atoms with van der Waals surface area (Å²) in [7, 11) is 1.57. The van der Waals surface area contributed by atoms with Crippen LogP contribution in [0.2, 0.25) is 0 Å². The van der Waals surface area contributed by atoms with Crippen LogP contribution in [0.1, 0.15) is 316 Å². The molecular weight excluding hydrogens is 1040 g/mol. The molecule has 0 bridgehead atoms. The standard InChI is InChI=1S/C74H135N2O6P/c1-6-8-10-12-14-16-18-20-22-24-26-28-30-32-34-36-38-40-42-44-46-48-50-52-54-56-58-60-62-64-66-68-74(78)75-72(71-82-83(79,80)81-70-69-76(3,4)5)73(77)67-65-63-61-59-57-55-53-51-49-47-45-43-41-39-37-35-33-31-29-27-25-23-21-19-17-15-13-11-9-7-2/h8,10,14,16,20,22,26,28,32,34,38,40,44,46,65,67,72-73,77H,6-7,9,11-13,15,17-19,21,23-25,27,29-31,33,35-37,39,41-43,45,47-64,66,68-71H2,1-5H3,(H-,75,78,79,80)/p+1/b10-8-,16-14-,22-20-,28-26-,34-32-,40-38-,46-44-,67-65+. The van der Waals surface area contributed by atoms with Crippen molar-refractivity contribution in [2.75, 3.05) is 40.9 Å². The fourth-order valence-corrected chi connectivity index (χ4v) is 10.9. The van der Waals surface area contributed by atoms with Gasteiger partial charge in [-0.15, -0.1) is 0 Å². The van der Waals surface area contributed by atoms with Crippen LogP contribution in [-0.4, -0.2) is 73.4 Å². The number of carbonyl (C=O) groups excluding carboxylic acids is 1. The molecule has 0 rings (SSSR count). The van der Waals surface area contributed by atoms with Gasteiger partial charge in [-0.1, -0.05) is 329 Å². The molecule has 0 aliphatic heterocycles. The topological polar surface area (TPSA) is 105 Å². The van der Waals surface area contributed by atoms with E-state index in [-0.39, 0.29) is 19.1 Å². The van der Waals surface area contributed by atoms with Gasteiger partial charge in [0, 0.05) is 6.42 Å². The highest BCUT2D eigenvalue weighted by Gasteiger charge is 2.28. The molecule has 0 aromatic carbocycles. The number of amides is 1. The zero-order chi connectivity index (χ0) is 60.5. The summed E-state index contributed by atoms with van der Waals surface area (Å²) in [6, 6.07) is -0.858. The largest absolute Gasteiger partial charge is 0.472 e. The number of carbonyl (C=O) groups is 1. The summed E-state index contributed by atoms with van der Waals surface area (Å²) in [5.74, 6) is -0.183. The van der Waals surface area contributed by atoms with Gasteiger partial charge >= 0.3 is 7.82 Å². The van der Waals surface area contributed by atoms with Gasteiger partial charge in [-0.05, 0) is 77.0 Å². The molecule has 0 aromatic rings. The second kappa shape index (κ2) is 63.9. The molecule has 8 nitrogen and oxygen atoms in total. The van der Waals surface area contributed by atoms with Crippen molar-refractivity contribution < 1.29 is 32.9 Å². The number of hydrogen-bond acceptors (Lipinski definition) is 5. The van der Waals surface area contributed by atoms with Gasteiger partial charge in [0.1, 0.15) is 13.2 Å². The molecule has 0 spiro atoms. The van der Waals surface area contributed by atoms with Crippen LogP contribution in [0, 0.1) is 0 Å². The number of aliphatic hydroxyl groups is 1. The normalized spacial score (nSPS) is 14.3. The maximum Gasteiger partial charge on any atom is 0.472 e. The van der Waals surface area contributed by atoms with E-state index in [2.05, 4.69) is 104 Å². The molecule has 0 heterocycles. The summed E-state index contributed by atoms with van der Waals surface area (Å²) >= 11 is 0. The Bertz CT molecular complexity index is 1670. The minimum absolute atomic E-state index is 0.0564. The number of quaternary nitrogens is 1. The highest BCUT2D eigenvalue weighted by atomic mass is 31.2. The van der Waals surface area contributed by atoms with E-state index in [0.717, 1.165) is 89.9 Å². The second-order valence-electron chi connectivity index (χ2n) is 24.9. The number of likely N-dealkylation sites (N-methyl/N-ethyl adjacent to an activating group) is 1. The van der Waals surface area contributed by atoms with Crippen LogP contribution < -0.4 is 5.32 Å². The molecule has 3 unspecified atom stereocenters. The molecular formula is C74H136N2O6P+. The van der Waals surface area contributed by atoms with Crippen LogP contribution in [0.25, 0.3) is 0 Å². The molecule has 482 valence electrons. The van der Waals surface area contributed by atoms with Crippen molar-refractivity contribution >= 4 is 13.7 Å². The average molecular weight is 1180 g/mol. The van der Waals surface area contributed by atoms with E-state index >= 15 is 0 Å². The van der Waals surface area contributed by atoms with Crippen LogP contribution in [0.4, 0.5) is 0 Å². The molecule has 0 aliphatic rings. The van der Waals surface area contributed by atoms with Gasteiger partial charge in [0.15, 0.2) is 0 Å². The van der Waals surface area contributed by atoms with Gasteiger partial charge in [0.25, 0.3) is 0 Å². The van der Waals surface area contributed by atoms with E-state index in [0.29, 0.717) is 17.4 Å². The lowest BCUT2D eigenvalue weighted by Crippen LogP contribution is -2.45. The van der Waals surface area contributed by atoms with Gasteiger partial charge in [-0.2, -0.15) is 0 Å². The predicted molar refractivity (Wildman–Crippen MR) is 364 cm³/mol. The maximum absolute atomic E-state index is 13.1. The van der Waals surface area contributed by atoms with Crippen molar-refractivity contribution in [3.8, 4) is 0 Å². The summed E-state index contributed by atoms with van der Waals surface area (Å²) in [6.45, 7) is 4.73. The van der Waals surface area contributed by atoms with Crippen molar-refractivity contribution in [3.05, 3.63) is 97.2 Å². The van der Waals surface area contributed by atoms with Gasteiger partial charge in [-0.25, -0.2) is 4.57 Å². The SMILES string of the molecule is CC/C=C\C/C=C\C/C=C\C/C=C\C/C=C\C/C=C\C/C=C\CCCCCCCCCCCC(=O)NC(COP(=O)(O)OCC[N+](C)(C)C)C(O)/C=C/CCCCCCCCCCCCCCCCCCCCCCCCCCCCCC. The Morgan fingerprint density at radius 2 is 0.723 bits per heavy atom. The third kappa shape index (κ3) is 66.8. The Hall–Kier alpha value is -2.58. The van der Waals surface area contributed by atoms with Crippen molar-refractivity contribution in [1.29, 1.82) is 0 Å². The molecule has 0 radical (unpaired) electrons. The Labute approximate surface area is 515 Å². The number of aliphatic hydroxyl groups excluding tert-OH is 1. The predicted octanol–water partition coefficient (Wildman–Crippen LogP) is 22.5. The van der Waals surface area contributed by atoms with E-state index in [9.17, 15) is 19.4 Å². The number of nitrogens with one attached hydrogen (secondary N) is 1. The van der Waals surface area contributed by atoms with Crippen LogP contribution >= 0.6 is 7.82 Å². The monoisotopic (exact) mass is 1180 g/mol. The first-order valence-corrected chi connectivity index (χ1v) is 36.6. The van der Waals surface area contributed by atoms with Crippen LogP contribution in [0.15, 0.2) is 97.2 Å². The first-order chi connectivity index (χ1) is 40.5. The van der Waals surface area contributed by atoms with Crippen molar-refractivity contribution in [3.63, 3.8) is 0 Å². The van der Waals surface area contributed by atoms with Crippen molar-refractivity contribution in [1.82, 2.24) is 5.32 Å². The highest BCUT2D eigenvalue weighted by molar-refractivity contribution is 7.47. The lowest BCUT2D eigenvalue weighted by Gasteiger charge is -2.25. The number of phosphoric acid groups is 1. The minimum atomic E-state index is -4.36. The third-order valence-corrected chi connectivity index (χ3v) is 16.5. The van der Waals surface area contributed by atoms with Crippen LogP contribution in [0.3, 0.4) is 0 Å². The zero-order valence-corrected chi connectivity index (χ0v) is 56.1. The second-order valence-corrected chi connectivity index (χ2v) is 26.3. The molecule has 3 N–H and O–H groups in total. The smallest absolute Gasteiger partial charge is 0.387 e. The molecule has 9 heteroatoms. The molecule has 0 fully saturated rings. The first kappa shape index (κ1) is 80.4. The molecule has 0 saturated carbocycles. The summed E-state index contributed by atoms with van der Waals surface area (Å²) in [6.07, 6.45) is 92.6. The summed E-state index contributed by atoms with van der Waals surface area (Å²) in [4.78, 5) is 23.4. The van der Waals surface area contributed by atoms with E-state index in [1.165, 1.54) is 205 Å². The number of unbranched alkanes of at least 4 members (excludes halogenated alkanes) is 37. The fraction of sp³-hybridized carbons (Fsp3) is 0.770. The molecule has 0 aliphatic carbocycles. The van der Waals surface area contributed by atoms with Crippen molar-refractivity contribution in [2.24, 2.45) is 0 Å². The summed E-state index contributed by atoms with van der Waals surface area (Å²) in [5.41, 5.74) is 0. The molecule has 3 atom stereocenters. The Kier molecular flexibility index (Phi) is 61.9. The number of hydrogen-bond donors (Lipinski definition) is 3. The average Bonchev–Trinajstić information content (AvgIpc) is 3.49. The van der Waals surface area contributed by atoms with Gasteiger partial charge in [-0.3, -0.25) is 13.8 Å². The van der Waals surface area contributed by atoms with Crippen LogP contribution in [0.5, 0.6) is 0 Å². The molecule has 83 heavy (non-hydrogen) atoms. The highest BCUT2D eigenvalue weighted by Crippen LogP contribution is 2.43. The van der Waals surface area contributed by atoms with Gasteiger partial charge in [0.05, 0.1) is 39.9 Å². The Morgan fingerprint density at radius 1 is 0.422 bits per heavy atom. The number of rotatable bonds is 64. The summed E-state index contributed by atoms with van der Waals surface area (Å²) in [5, 5.41) is 14.0. The Morgan fingerprint density at radius 3 is 1.06 bits per heavy atom. The number of phosphoric ester groups is 1. The third-order valence-electron chi connectivity index (χ3n) is 15.6. The van der Waals surface area contributed by atoms with Crippen LogP contribution in [-0.2, 0) is 18.4 Å². The lowest BCUT2D eigenvalue weighted by atomic mass is 10.0. The zero-order valence-electron chi connectivity index (χ0n) is 55.2. The first-order valence-electron chi connectivity index (χ1n) is 35.1. The number of nitrogens with zero attached hydrogens (tertiary/aromatic N) is 1.